The molecule has 170 valence electrons. The number of benzene rings is 2. The highest BCUT2D eigenvalue weighted by Gasteiger charge is 2.27. The van der Waals surface area contributed by atoms with Crippen molar-refractivity contribution in [3.8, 4) is 17.2 Å². The lowest BCUT2D eigenvalue weighted by molar-refractivity contribution is -0.126. The molecule has 32 heavy (non-hydrogen) atoms. The number of urea groups is 1. The van der Waals surface area contributed by atoms with Crippen LogP contribution in [0, 0.1) is 5.92 Å². The van der Waals surface area contributed by atoms with Crippen molar-refractivity contribution in [3.63, 3.8) is 0 Å². The molecule has 0 aliphatic carbocycles. The van der Waals surface area contributed by atoms with E-state index in [9.17, 15) is 9.59 Å². The topological polar surface area (TPSA) is 89.1 Å². The largest absolute Gasteiger partial charge is 0.489 e. The maximum Gasteiger partial charge on any atom is 0.321 e. The van der Waals surface area contributed by atoms with Gasteiger partial charge in [0.1, 0.15) is 12.4 Å². The number of amides is 3. The molecule has 4 rings (SSSR count). The molecule has 2 aromatic carbocycles. The predicted octanol–water partition coefficient (Wildman–Crippen LogP) is 3.76. The van der Waals surface area contributed by atoms with Gasteiger partial charge >= 0.3 is 6.03 Å². The molecule has 2 aliphatic rings. The minimum absolute atomic E-state index is 0.0295. The fraction of sp³-hybridized carbons (Fsp3) is 0.417. The minimum atomic E-state index is -0.151. The molecule has 0 unspecified atom stereocenters. The minimum Gasteiger partial charge on any atom is -0.489 e. The highest BCUT2D eigenvalue weighted by atomic mass is 16.7. The first kappa shape index (κ1) is 21.8. The standard InChI is InChI=1S/C24H29N3O5/c1-16(2)25-23(28)18-8-10-27(11-9-18)24(29)26-19-5-3-4-17(12-19)14-30-20-6-7-21-22(13-20)32-15-31-21/h3-7,12-13,16,18H,8-11,14-15H2,1-2H3,(H,25,28)(H,26,29). The normalized spacial score (nSPS) is 15.5. The van der Waals surface area contributed by atoms with Gasteiger partial charge in [0, 0.05) is 36.8 Å². The lowest BCUT2D eigenvalue weighted by Crippen LogP contribution is -2.45. The van der Waals surface area contributed by atoms with E-state index in [1.54, 1.807) is 11.0 Å². The smallest absolute Gasteiger partial charge is 0.321 e. The van der Waals surface area contributed by atoms with E-state index in [0.29, 0.717) is 55.5 Å². The van der Waals surface area contributed by atoms with Gasteiger partial charge in [-0.3, -0.25) is 4.79 Å². The Hall–Kier alpha value is -3.42. The van der Waals surface area contributed by atoms with Crippen LogP contribution in [0.1, 0.15) is 32.3 Å². The number of nitrogens with one attached hydrogen (secondary N) is 2. The fourth-order valence-corrected chi connectivity index (χ4v) is 3.82. The van der Waals surface area contributed by atoms with Crippen LogP contribution in [0.15, 0.2) is 42.5 Å². The molecule has 1 fully saturated rings. The van der Waals surface area contributed by atoms with Crippen LogP contribution in [0.2, 0.25) is 0 Å². The molecule has 0 spiro atoms. The van der Waals surface area contributed by atoms with Gasteiger partial charge in [-0.15, -0.1) is 0 Å². The molecule has 0 aromatic heterocycles. The molecular weight excluding hydrogens is 410 g/mol. The second-order valence-corrected chi connectivity index (χ2v) is 8.36. The van der Waals surface area contributed by atoms with Gasteiger partial charge in [0.25, 0.3) is 0 Å². The Morgan fingerprint density at radius 3 is 2.66 bits per heavy atom. The number of piperidine rings is 1. The average Bonchev–Trinajstić information content (AvgIpc) is 3.25. The first-order chi connectivity index (χ1) is 15.5. The van der Waals surface area contributed by atoms with Gasteiger partial charge in [-0.25, -0.2) is 4.79 Å². The van der Waals surface area contributed by atoms with Crippen LogP contribution < -0.4 is 24.8 Å². The molecule has 0 bridgehead atoms. The van der Waals surface area contributed by atoms with E-state index in [-0.39, 0.29) is 30.7 Å². The molecule has 3 amide bonds. The Balaban J connectivity index is 1.27. The van der Waals surface area contributed by atoms with Crippen LogP contribution in [-0.2, 0) is 11.4 Å². The number of carbonyl (C=O) groups excluding carboxylic acids is 2. The summed E-state index contributed by atoms with van der Waals surface area (Å²) in [4.78, 5) is 26.6. The SMILES string of the molecule is CC(C)NC(=O)C1CCN(C(=O)Nc2cccc(COc3ccc4c(c3)OCO4)c2)CC1. The fourth-order valence-electron chi connectivity index (χ4n) is 3.82. The summed E-state index contributed by atoms with van der Waals surface area (Å²) in [6.07, 6.45) is 1.35. The quantitative estimate of drug-likeness (QED) is 0.715. The molecule has 1 saturated heterocycles. The number of ether oxygens (including phenoxy) is 3. The highest BCUT2D eigenvalue weighted by Crippen LogP contribution is 2.35. The van der Waals surface area contributed by atoms with Gasteiger partial charge in [-0.2, -0.15) is 0 Å². The third-order valence-corrected chi connectivity index (χ3v) is 5.51. The van der Waals surface area contributed by atoms with Crippen molar-refractivity contribution in [2.24, 2.45) is 5.92 Å². The van der Waals surface area contributed by atoms with Crippen molar-refractivity contribution in [1.82, 2.24) is 10.2 Å². The second kappa shape index (κ2) is 9.80. The first-order valence-electron chi connectivity index (χ1n) is 11.0. The van der Waals surface area contributed by atoms with Crippen molar-refractivity contribution in [2.75, 3.05) is 25.2 Å². The number of hydrogen-bond donors (Lipinski definition) is 2. The zero-order valence-electron chi connectivity index (χ0n) is 18.4. The number of nitrogens with zero attached hydrogens (tertiary/aromatic N) is 1. The maximum absolute atomic E-state index is 12.7. The summed E-state index contributed by atoms with van der Waals surface area (Å²) in [5.74, 6) is 2.13. The molecule has 2 heterocycles. The number of anilines is 1. The summed E-state index contributed by atoms with van der Waals surface area (Å²) in [5, 5.41) is 5.91. The molecule has 2 N–H and O–H groups in total. The van der Waals surface area contributed by atoms with E-state index in [1.165, 1.54) is 0 Å². The molecule has 2 aromatic rings. The Morgan fingerprint density at radius 2 is 1.88 bits per heavy atom. The molecule has 0 radical (unpaired) electrons. The summed E-state index contributed by atoms with van der Waals surface area (Å²) >= 11 is 0. The van der Waals surface area contributed by atoms with Gasteiger partial charge in [0.2, 0.25) is 12.7 Å². The molecule has 8 nitrogen and oxygen atoms in total. The average molecular weight is 440 g/mol. The summed E-state index contributed by atoms with van der Waals surface area (Å²) in [5.41, 5.74) is 1.64. The van der Waals surface area contributed by atoms with E-state index in [0.717, 1.165) is 5.56 Å². The molecule has 0 saturated carbocycles. The number of rotatable bonds is 6. The van der Waals surface area contributed by atoms with Crippen LogP contribution in [0.4, 0.5) is 10.5 Å². The Labute approximate surface area is 187 Å². The summed E-state index contributed by atoms with van der Waals surface area (Å²) in [6.45, 7) is 5.62. The van der Waals surface area contributed by atoms with Gasteiger partial charge in [0.15, 0.2) is 11.5 Å². The van der Waals surface area contributed by atoms with Crippen molar-refractivity contribution in [3.05, 3.63) is 48.0 Å². The summed E-state index contributed by atoms with van der Waals surface area (Å²) in [6, 6.07) is 13.0. The van der Waals surface area contributed by atoms with Crippen molar-refractivity contribution < 1.29 is 23.8 Å². The number of hydrogen-bond acceptors (Lipinski definition) is 5. The molecule has 8 heteroatoms. The third-order valence-electron chi connectivity index (χ3n) is 5.51. The van der Waals surface area contributed by atoms with Crippen LogP contribution in [0.3, 0.4) is 0 Å². The second-order valence-electron chi connectivity index (χ2n) is 8.36. The van der Waals surface area contributed by atoms with Crippen LogP contribution in [-0.4, -0.2) is 42.8 Å². The van der Waals surface area contributed by atoms with E-state index in [1.807, 2.05) is 50.2 Å². The molecular formula is C24H29N3O5. The first-order valence-corrected chi connectivity index (χ1v) is 11.0. The van der Waals surface area contributed by atoms with Gasteiger partial charge in [-0.1, -0.05) is 12.1 Å². The zero-order chi connectivity index (χ0) is 22.5. The van der Waals surface area contributed by atoms with Crippen LogP contribution >= 0.6 is 0 Å². The van der Waals surface area contributed by atoms with E-state index in [2.05, 4.69) is 10.6 Å². The summed E-state index contributed by atoms with van der Waals surface area (Å²) < 4.78 is 16.5. The number of fused-ring (bicyclic) bond motifs is 1. The van der Waals surface area contributed by atoms with Gasteiger partial charge < -0.3 is 29.7 Å². The maximum atomic E-state index is 12.7. The van der Waals surface area contributed by atoms with Crippen molar-refractivity contribution in [2.45, 2.75) is 39.3 Å². The molecule has 0 atom stereocenters. The lowest BCUT2D eigenvalue weighted by Gasteiger charge is -2.31. The van der Waals surface area contributed by atoms with Crippen LogP contribution in [0.5, 0.6) is 17.2 Å². The van der Waals surface area contributed by atoms with E-state index in [4.69, 9.17) is 14.2 Å². The Kier molecular flexibility index (Phi) is 6.68. The number of carbonyl (C=O) groups is 2. The lowest BCUT2D eigenvalue weighted by atomic mass is 9.96. The van der Waals surface area contributed by atoms with Crippen LogP contribution in [0.25, 0.3) is 0 Å². The third kappa shape index (κ3) is 5.43. The van der Waals surface area contributed by atoms with Gasteiger partial charge in [-0.05, 0) is 56.5 Å². The Morgan fingerprint density at radius 1 is 1.09 bits per heavy atom. The predicted molar refractivity (Wildman–Crippen MR) is 120 cm³/mol. The molecule has 2 aliphatic heterocycles. The van der Waals surface area contributed by atoms with Gasteiger partial charge in [0.05, 0.1) is 0 Å². The highest BCUT2D eigenvalue weighted by molar-refractivity contribution is 5.89. The van der Waals surface area contributed by atoms with E-state index >= 15 is 0 Å². The monoisotopic (exact) mass is 439 g/mol. The van der Waals surface area contributed by atoms with E-state index < -0.39 is 0 Å². The zero-order valence-corrected chi connectivity index (χ0v) is 18.4. The number of likely N-dealkylation sites (tertiary alicyclic amines) is 1. The Bertz CT molecular complexity index is 970. The van der Waals surface area contributed by atoms with Crippen molar-refractivity contribution >= 4 is 17.6 Å². The summed E-state index contributed by atoms with van der Waals surface area (Å²) in [7, 11) is 0. The van der Waals surface area contributed by atoms with Crippen molar-refractivity contribution in [1.29, 1.82) is 0 Å².